The number of thioether (sulfide) groups is 1. The molecule has 0 aromatic heterocycles. The van der Waals surface area contributed by atoms with E-state index in [1.807, 2.05) is 11.8 Å². The summed E-state index contributed by atoms with van der Waals surface area (Å²) in [7, 11) is 0. The van der Waals surface area contributed by atoms with Crippen LogP contribution in [0.25, 0.3) is 0 Å². The van der Waals surface area contributed by atoms with Crippen molar-refractivity contribution in [3.8, 4) is 0 Å². The molecule has 2 rings (SSSR count). The van der Waals surface area contributed by atoms with E-state index in [1.165, 1.54) is 10.5 Å². The Hall–Kier alpha value is -0.510. The Morgan fingerprint density at radius 2 is 2.20 bits per heavy atom. The SMILES string of the molecule is CC(CN)c1ccccc1SC1COC1. The molecule has 15 heavy (non-hydrogen) atoms. The maximum atomic E-state index is 5.72. The molecule has 1 fully saturated rings. The molecule has 1 heterocycles. The Labute approximate surface area is 95.2 Å². The summed E-state index contributed by atoms with van der Waals surface area (Å²) < 4.78 is 5.19. The van der Waals surface area contributed by atoms with E-state index in [2.05, 4.69) is 31.2 Å². The number of nitrogens with two attached hydrogens (primary N) is 1. The first kappa shape index (κ1) is 11.0. The average molecular weight is 223 g/mol. The Bertz CT molecular complexity index is 325. The molecule has 0 amide bonds. The van der Waals surface area contributed by atoms with Crippen molar-refractivity contribution in [1.82, 2.24) is 0 Å². The topological polar surface area (TPSA) is 35.2 Å². The van der Waals surface area contributed by atoms with Gasteiger partial charge in [0.05, 0.1) is 18.5 Å². The van der Waals surface area contributed by atoms with E-state index in [1.54, 1.807) is 0 Å². The standard InChI is InChI=1S/C12H17NOS/c1-9(6-13)11-4-2-3-5-12(11)15-10-7-14-8-10/h2-5,9-10H,6-8,13H2,1H3. The second kappa shape index (κ2) is 5.01. The third-order valence-corrected chi connectivity index (χ3v) is 3.94. The average Bonchev–Trinajstić information content (AvgIpc) is 2.23. The molecule has 1 aliphatic heterocycles. The summed E-state index contributed by atoms with van der Waals surface area (Å²) in [6.45, 7) is 4.65. The zero-order chi connectivity index (χ0) is 10.7. The minimum absolute atomic E-state index is 0.440. The highest BCUT2D eigenvalue weighted by Gasteiger charge is 2.21. The first-order chi connectivity index (χ1) is 7.31. The van der Waals surface area contributed by atoms with Crippen LogP contribution in [0.3, 0.4) is 0 Å². The van der Waals surface area contributed by atoms with Gasteiger partial charge in [-0.15, -0.1) is 11.8 Å². The Kier molecular flexibility index (Phi) is 3.67. The second-order valence-electron chi connectivity index (χ2n) is 3.95. The van der Waals surface area contributed by atoms with Gasteiger partial charge in [-0.25, -0.2) is 0 Å². The molecule has 0 bridgehead atoms. The second-order valence-corrected chi connectivity index (χ2v) is 5.29. The molecule has 2 N–H and O–H groups in total. The van der Waals surface area contributed by atoms with Crippen LogP contribution in [0.15, 0.2) is 29.2 Å². The van der Waals surface area contributed by atoms with E-state index >= 15 is 0 Å². The van der Waals surface area contributed by atoms with Crippen LogP contribution in [0.2, 0.25) is 0 Å². The Morgan fingerprint density at radius 3 is 2.80 bits per heavy atom. The van der Waals surface area contributed by atoms with E-state index in [0.29, 0.717) is 17.7 Å². The summed E-state index contributed by atoms with van der Waals surface area (Å²) in [5, 5.41) is 0.635. The van der Waals surface area contributed by atoms with Gasteiger partial charge in [-0.2, -0.15) is 0 Å². The van der Waals surface area contributed by atoms with Crippen molar-refractivity contribution < 1.29 is 4.74 Å². The van der Waals surface area contributed by atoms with Crippen LogP contribution in [0.4, 0.5) is 0 Å². The van der Waals surface area contributed by atoms with Crippen LogP contribution < -0.4 is 5.73 Å². The number of hydrogen-bond acceptors (Lipinski definition) is 3. The van der Waals surface area contributed by atoms with Crippen LogP contribution in [-0.2, 0) is 4.74 Å². The fraction of sp³-hybridized carbons (Fsp3) is 0.500. The van der Waals surface area contributed by atoms with Gasteiger partial charge in [0.25, 0.3) is 0 Å². The van der Waals surface area contributed by atoms with E-state index in [-0.39, 0.29) is 0 Å². The molecular formula is C12H17NOS. The van der Waals surface area contributed by atoms with Gasteiger partial charge in [0.1, 0.15) is 0 Å². The molecule has 1 unspecified atom stereocenters. The van der Waals surface area contributed by atoms with Crippen LogP contribution in [0.5, 0.6) is 0 Å². The van der Waals surface area contributed by atoms with Gasteiger partial charge in [-0.05, 0) is 24.1 Å². The van der Waals surface area contributed by atoms with Crippen molar-refractivity contribution in [3.05, 3.63) is 29.8 Å². The lowest BCUT2D eigenvalue weighted by atomic mass is 10.0. The highest BCUT2D eigenvalue weighted by Crippen LogP contribution is 2.33. The monoisotopic (exact) mass is 223 g/mol. The highest BCUT2D eigenvalue weighted by atomic mass is 32.2. The predicted molar refractivity (Wildman–Crippen MR) is 64.4 cm³/mol. The van der Waals surface area contributed by atoms with Crippen molar-refractivity contribution in [2.24, 2.45) is 5.73 Å². The molecule has 0 spiro atoms. The smallest absolute Gasteiger partial charge is 0.0611 e. The van der Waals surface area contributed by atoms with Crippen molar-refractivity contribution in [2.75, 3.05) is 19.8 Å². The van der Waals surface area contributed by atoms with Crippen LogP contribution in [-0.4, -0.2) is 25.0 Å². The lowest BCUT2D eigenvalue weighted by molar-refractivity contribution is 0.0455. The predicted octanol–water partition coefficient (Wildman–Crippen LogP) is 2.24. The normalized spacial score (nSPS) is 18.5. The summed E-state index contributed by atoms with van der Waals surface area (Å²) in [6.07, 6.45) is 0. The quantitative estimate of drug-likeness (QED) is 0.850. The van der Waals surface area contributed by atoms with E-state index < -0.39 is 0 Å². The fourth-order valence-electron chi connectivity index (χ4n) is 1.58. The molecule has 82 valence electrons. The largest absolute Gasteiger partial charge is 0.379 e. The van der Waals surface area contributed by atoms with E-state index in [4.69, 9.17) is 10.5 Å². The zero-order valence-corrected chi connectivity index (χ0v) is 9.80. The minimum Gasteiger partial charge on any atom is -0.379 e. The first-order valence-electron chi connectivity index (χ1n) is 5.34. The number of hydrogen-bond donors (Lipinski definition) is 1. The molecule has 1 aromatic rings. The van der Waals surface area contributed by atoms with E-state index in [9.17, 15) is 0 Å². The van der Waals surface area contributed by atoms with Crippen molar-refractivity contribution in [3.63, 3.8) is 0 Å². The molecule has 1 aromatic carbocycles. The maximum absolute atomic E-state index is 5.72. The first-order valence-corrected chi connectivity index (χ1v) is 6.22. The lowest BCUT2D eigenvalue weighted by Gasteiger charge is -2.26. The van der Waals surface area contributed by atoms with Gasteiger partial charge < -0.3 is 10.5 Å². The summed E-state index contributed by atoms with van der Waals surface area (Å²) >= 11 is 1.92. The third-order valence-electron chi connectivity index (χ3n) is 2.70. The number of benzene rings is 1. The summed E-state index contributed by atoms with van der Waals surface area (Å²) in [6, 6.07) is 8.54. The fourth-order valence-corrected chi connectivity index (χ4v) is 2.83. The van der Waals surface area contributed by atoms with E-state index in [0.717, 1.165) is 13.2 Å². The third kappa shape index (κ3) is 2.54. The minimum atomic E-state index is 0.440. The number of ether oxygens (including phenoxy) is 1. The van der Waals surface area contributed by atoms with Crippen molar-refractivity contribution in [2.45, 2.75) is 23.0 Å². The van der Waals surface area contributed by atoms with Gasteiger partial charge in [0, 0.05) is 4.90 Å². The molecular weight excluding hydrogens is 206 g/mol. The molecule has 1 atom stereocenters. The molecule has 0 radical (unpaired) electrons. The van der Waals surface area contributed by atoms with Crippen LogP contribution in [0, 0.1) is 0 Å². The molecule has 2 nitrogen and oxygen atoms in total. The van der Waals surface area contributed by atoms with Crippen LogP contribution in [0.1, 0.15) is 18.4 Å². The molecule has 0 aliphatic carbocycles. The molecule has 0 saturated carbocycles. The van der Waals surface area contributed by atoms with Gasteiger partial charge >= 0.3 is 0 Å². The zero-order valence-electron chi connectivity index (χ0n) is 8.98. The lowest BCUT2D eigenvalue weighted by Crippen LogP contribution is -2.30. The van der Waals surface area contributed by atoms with Gasteiger partial charge in [0.2, 0.25) is 0 Å². The van der Waals surface area contributed by atoms with Gasteiger partial charge in [0.15, 0.2) is 0 Å². The Balaban J connectivity index is 2.13. The summed E-state index contributed by atoms with van der Waals surface area (Å²) in [5.41, 5.74) is 7.09. The Morgan fingerprint density at radius 1 is 1.47 bits per heavy atom. The molecule has 1 saturated heterocycles. The van der Waals surface area contributed by atoms with Gasteiger partial charge in [-0.3, -0.25) is 0 Å². The summed E-state index contributed by atoms with van der Waals surface area (Å²) in [4.78, 5) is 1.36. The summed E-state index contributed by atoms with van der Waals surface area (Å²) in [5.74, 6) is 0.440. The maximum Gasteiger partial charge on any atom is 0.0611 e. The van der Waals surface area contributed by atoms with Crippen molar-refractivity contribution in [1.29, 1.82) is 0 Å². The van der Waals surface area contributed by atoms with Gasteiger partial charge in [-0.1, -0.05) is 25.1 Å². The highest BCUT2D eigenvalue weighted by molar-refractivity contribution is 8.00. The van der Waals surface area contributed by atoms with Crippen LogP contribution >= 0.6 is 11.8 Å². The number of rotatable bonds is 4. The molecule has 3 heteroatoms. The van der Waals surface area contributed by atoms with Crippen molar-refractivity contribution >= 4 is 11.8 Å². The molecule has 1 aliphatic rings.